The SMILES string of the molecule is CCN(CC)c1ccc(/C=N/NC(=O)Cn2nnnc2N)cc1. The Balaban J connectivity index is 1.88. The lowest BCUT2D eigenvalue weighted by atomic mass is 10.2. The van der Waals surface area contributed by atoms with Gasteiger partial charge in [0.25, 0.3) is 5.91 Å². The highest BCUT2D eigenvalue weighted by molar-refractivity contribution is 5.82. The number of nitrogens with zero attached hydrogens (tertiary/aromatic N) is 6. The predicted molar refractivity (Wildman–Crippen MR) is 88.0 cm³/mol. The molecule has 0 unspecified atom stereocenters. The van der Waals surface area contributed by atoms with Gasteiger partial charge < -0.3 is 10.6 Å². The molecule has 0 aliphatic carbocycles. The Labute approximate surface area is 134 Å². The van der Waals surface area contributed by atoms with Gasteiger partial charge in [0.1, 0.15) is 6.54 Å². The van der Waals surface area contributed by atoms with Crippen molar-refractivity contribution in [3.63, 3.8) is 0 Å². The standard InChI is InChI=1S/C14H20N8O/c1-3-21(4-2)12-7-5-11(6-8-12)9-16-17-13(23)10-22-14(15)18-19-20-22/h5-9H,3-4,10H2,1-2H3,(H,17,23)(H2,15,18,20)/b16-9+. The van der Waals surface area contributed by atoms with Gasteiger partial charge in [-0.3, -0.25) is 4.79 Å². The van der Waals surface area contributed by atoms with Crippen LogP contribution >= 0.6 is 0 Å². The van der Waals surface area contributed by atoms with Crippen molar-refractivity contribution in [1.82, 2.24) is 25.6 Å². The number of anilines is 2. The van der Waals surface area contributed by atoms with Crippen molar-refractivity contribution in [2.45, 2.75) is 20.4 Å². The number of hydrazone groups is 1. The lowest BCUT2D eigenvalue weighted by Gasteiger charge is -2.20. The number of amides is 1. The van der Waals surface area contributed by atoms with Crippen molar-refractivity contribution in [3.05, 3.63) is 29.8 Å². The van der Waals surface area contributed by atoms with E-state index in [4.69, 9.17) is 5.73 Å². The largest absolute Gasteiger partial charge is 0.372 e. The summed E-state index contributed by atoms with van der Waals surface area (Å²) >= 11 is 0. The maximum Gasteiger partial charge on any atom is 0.261 e. The smallest absolute Gasteiger partial charge is 0.261 e. The summed E-state index contributed by atoms with van der Waals surface area (Å²) in [7, 11) is 0. The van der Waals surface area contributed by atoms with Crippen molar-refractivity contribution in [2.75, 3.05) is 23.7 Å². The minimum atomic E-state index is -0.361. The fourth-order valence-corrected chi connectivity index (χ4v) is 2.03. The molecular formula is C14H20N8O. The molecule has 1 heterocycles. The first-order valence-corrected chi connectivity index (χ1v) is 7.32. The number of aromatic nitrogens is 4. The lowest BCUT2D eigenvalue weighted by molar-refractivity contribution is -0.121. The van der Waals surface area contributed by atoms with Gasteiger partial charge in [-0.2, -0.15) is 5.10 Å². The highest BCUT2D eigenvalue weighted by Gasteiger charge is 2.06. The Hall–Kier alpha value is -2.97. The van der Waals surface area contributed by atoms with Crippen molar-refractivity contribution in [3.8, 4) is 0 Å². The second-order valence-electron chi connectivity index (χ2n) is 4.75. The highest BCUT2D eigenvalue weighted by atomic mass is 16.2. The van der Waals surface area contributed by atoms with Crippen LogP contribution in [0.15, 0.2) is 29.4 Å². The van der Waals surface area contributed by atoms with E-state index in [0.29, 0.717) is 0 Å². The Morgan fingerprint density at radius 2 is 2.04 bits per heavy atom. The van der Waals surface area contributed by atoms with E-state index in [2.05, 4.69) is 44.8 Å². The summed E-state index contributed by atoms with van der Waals surface area (Å²) in [6, 6.07) is 7.95. The van der Waals surface area contributed by atoms with Gasteiger partial charge in [0.2, 0.25) is 5.95 Å². The normalized spacial score (nSPS) is 10.9. The third-order valence-electron chi connectivity index (χ3n) is 3.28. The van der Waals surface area contributed by atoms with Crippen molar-refractivity contribution in [1.29, 1.82) is 0 Å². The first-order chi connectivity index (χ1) is 11.1. The van der Waals surface area contributed by atoms with E-state index in [1.54, 1.807) is 6.21 Å². The van der Waals surface area contributed by atoms with Crippen LogP contribution in [-0.2, 0) is 11.3 Å². The number of hydrogen-bond donors (Lipinski definition) is 2. The minimum Gasteiger partial charge on any atom is -0.372 e. The van der Waals surface area contributed by atoms with Crippen LogP contribution in [-0.4, -0.2) is 45.4 Å². The van der Waals surface area contributed by atoms with E-state index >= 15 is 0 Å². The Kier molecular flexibility index (Phi) is 5.61. The zero-order valence-electron chi connectivity index (χ0n) is 13.2. The Morgan fingerprint density at radius 1 is 1.35 bits per heavy atom. The average Bonchev–Trinajstić information content (AvgIpc) is 2.95. The van der Waals surface area contributed by atoms with Crippen molar-refractivity contribution >= 4 is 23.8 Å². The number of nitrogen functional groups attached to an aromatic ring is 1. The van der Waals surface area contributed by atoms with Crippen molar-refractivity contribution < 1.29 is 4.79 Å². The van der Waals surface area contributed by atoms with Crippen LogP contribution in [0.1, 0.15) is 19.4 Å². The molecule has 0 aliphatic rings. The number of nitrogens with one attached hydrogen (secondary N) is 1. The quantitative estimate of drug-likeness (QED) is 0.559. The molecule has 122 valence electrons. The van der Waals surface area contributed by atoms with Crippen LogP contribution in [0, 0.1) is 0 Å². The summed E-state index contributed by atoms with van der Waals surface area (Å²) in [6.45, 7) is 6.06. The van der Waals surface area contributed by atoms with Gasteiger partial charge in [-0.05, 0) is 42.0 Å². The fraction of sp³-hybridized carbons (Fsp3) is 0.357. The third-order valence-corrected chi connectivity index (χ3v) is 3.28. The van der Waals surface area contributed by atoms with Crippen LogP contribution in [0.2, 0.25) is 0 Å². The second-order valence-corrected chi connectivity index (χ2v) is 4.75. The second kappa shape index (κ2) is 7.87. The molecule has 0 radical (unpaired) electrons. The maximum atomic E-state index is 11.7. The molecule has 2 rings (SSSR count). The number of nitrogens with two attached hydrogens (primary N) is 1. The number of carbonyl (C=O) groups excluding carboxylic acids is 1. The third kappa shape index (κ3) is 4.50. The maximum absolute atomic E-state index is 11.7. The van der Waals surface area contributed by atoms with E-state index in [9.17, 15) is 4.79 Å². The molecule has 0 atom stereocenters. The number of tetrazole rings is 1. The van der Waals surface area contributed by atoms with Gasteiger partial charge in [0, 0.05) is 18.8 Å². The van der Waals surface area contributed by atoms with Gasteiger partial charge in [0.15, 0.2) is 0 Å². The topological polar surface area (TPSA) is 114 Å². The van der Waals surface area contributed by atoms with E-state index in [1.165, 1.54) is 4.68 Å². The van der Waals surface area contributed by atoms with Gasteiger partial charge in [0.05, 0.1) is 6.21 Å². The summed E-state index contributed by atoms with van der Waals surface area (Å²) in [5.74, 6) is -0.281. The predicted octanol–water partition coefficient (Wildman–Crippen LogP) is 0.252. The van der Waals surface area contributed by atoms with Crippen LogP contribution in [0.4, 0.5) is 11.6 Å². The average molecular weight is 316 g/mol. The van der Waals surface area contributed by atoms with Gasteiger partial charge >= 0.3 is 0 Å². The van der Waals surface area contributed by atoms with Crippen LogP contribution in [0.3, 0.4) is 0 Å². The number of benzene rings is 1. The molecule has 3 N–H and O–H groups in total. The van der Waals surface area contributed by atoms with E-state index in [1.807, 2.05) is 24.3 Å². The molecule has 0 saturated carbocycles. The van der Waals surface area contributed by atoms with Gasteiger partial charge in [-0.15, -0.1) is 0 Å². The first kappa shape index (κ1) is 16.4. The molecule has 1 amide bonds. The molecule has 9 heteroatoms. The van der Waals surface area contributed by atoms with Crippen LogP contribution in [0.5, 0.6) is 0 Å². The van der Waals surface area contributed by atoms with Crippen molar-refractivity contribution in [2.24, 2.45) is 5.10 Å². The molecule has 0 saturated heterocycles. The van der Waals surface area contributed by atoms with Gasteiger partial charge in [-0.1, -0.05) is 17.2 Å². The molecule has 0 bridgehead atoms. The summed E-state index contributed by atoms with van der Waals surface area (Å²) in [4.78, 5) is 13.9. The van der Waals surface area contributed by atoms with E-state index in [0.717, 1.165) is 24.3 Å². The van der Waals surface area contributed by atoms with Crippen LogP contribution < -0.4 is 16.1 Å². The minimum absolute atomic E-state index is 0.0797. The number of hydrogen-bond acceptors (Lipinski definition) is 7. The molecule has 0 spiro atoms. The highest BCUT2D eigenvalue weighted by Crippen LogP contribution is 2.13. The lowest BCUT2D eigenvalue weighted by Crippen LogP contribution is -2.24. The number of carbonyl (C=O) groups is 1. The fourth-order valence-electron chi connectivity index (χ4n) is 2.03. The zero-order valence-corrected chi connectivity index (χ0v) is 13.2. The molecule has 9 nitrogen and oxygen atoms in total. The monoisotopic (exact) mass is 316 g/mol. The first-order valence-electron chi connectivity index (χ1n) is 7.32. The zero-order chi connectivity index (χ0) is 16.7. The molecular weight excluding hydrogens is 296 g/mol. The summed E-state index contributed by atoms with van der Waals surface area (Å²) < 4.78 is 1.18. The molecule has 2 aromatic rings. The van der Waals surface area contributed by atoms with Crippen LogP contribution in [0.25, 0.3) is 0 Å². The van der Waals surface area contributed by atoms with E-state index < -0.39 is 0 Å². The number of rotatable bonds is 7. The molecule has 23 heavy (non-hydrogen) atoms. The molecule has 1 aromatic carbocycles. The molecule has 1 aromatic heterocycles. The molecule has 0 fully saturated rings. The summed E-state index contributed by atoms with van der Waals surface area (Å²) in [5, 5.41) is 14.3. The van der Waals surface area contributed by atoms with E-state index in [-0.39, 0.29) is 18.4 Å². The summed E-state index contributed by atoms with van der Waals surface area (Å²) in [6.07, 6.45) is 1.58. The summed E-state index contributed by atoms with van der Waals surface area (Å²) in [5.41, 5.74) is 9.93. The molecule has 0 aliphatic heterocycles. The Bertz CT molecular complexity index is 660. The Morgan fingerprint density at radius 3 is 2.61 bits per heavy atom. The van der Waals surface area contributed by atoms with Gasteiger partial charge in [-0.25, -0.2) is 10.1 Å².